The number of amides is 1. The van der Waals surface area contributed by atoms with Crippen molar-refractivity contribution in [2.24, 2.45) is 0 Å². The Bertz CT molecular complexity index is 738. The van der Waals surface area contributed by atoms with Gasteiger partial charge in [-0.05, 0) is 40.2 Å². The van der Waals surface area contributed by atoms with Crippen molar-refractivity contribution in [1.82, 2.24) is 0 Å². The van der Waals surface area contributed by atoms with E-state index in [1.807, 2.05) is 0 Å². The molecule has 0 bridgehead atoms. The van der Waals surface area contributed by atoms with E-state index in [4.69, 9.17) is 10.8 Å². The predicted molar refractivity (Wildman–Crippen MR) is 74.5 cm³/mol. The van der Waals surface area contributed by atoms with Crippen LogP contribution in [0.1, 0.15) is 10.4 Å². The molecule has 8 heteroatoms. The number of rotatable bonds is 2. The molecule has 0 aliphatic heterocycles. The van der Waals surface area contributed by atoms with Crippen LogP contribution in [0.5, 0.6) is 5.75 Å². The van der Waals surface area contributed by atoms with Crippen LogP contribution in [0.25, 0.3) is 0 Å². The molecule has 0 unspecified atom stereocenters. The van der Waals surface area contributed by atoms with Gasteiger partial charge in [0.25, 0.3) is 5.91 Å². The zero-order valence-corrected chi connectivity index (χ0v) is 11.8. The quantitative estimate of drug-likeness (QED) is 0.567. The first-order valence-corrected chi connectivity index (χ1v) is 6.33. The normalized spacial score (nSPS) is 10.5. The summed E-state index contributed by atoms with van der Waals surface area (Å²) in [5, 5.41) is 11.4. The lowest BCUT2D eigenvalue weighted by atomic mass is 10.1. The third-order valence-corrected chi connectivity index (χ3v) is 3.31. The maximum Gasteiger partial charge on any atom is 0.258 e. The summed E-state index contributed by atoms with van der Waals surface area (Å²) in [5.74, 6) is -7.45. The number of carbonyl (C=O) groups is 1. The van der Waals surface area contributed by atoms with Crippen LogP contribution < -0.4 is 11.1 Å². The van der Waals surface area contributed by atoms with Gasteiger partial charge >= 0.3 is 0 Å². The van der Waals surface area contributed by atoms with E-state index < -0.39 is 34.7 Å². The third kappa shape index (κ3) is 2.94. The van der Waals surface area contributed by atoms with Crippen molar-refractivity contribution in [3.63, 3.8) is 0 Å². The fraction of sp³-hybridized carbons (Fsp3) is 0. The highest BCUT2D eigenvalue weighted by Crippen LogP contribution is 2.28. The van der Waals surface area contributed by atoms with Gasteiger partial charge in [-0.15, -0.1) is 0 Å². The molecule has 4 N–H and O–H groups in total. The van der Waals surface area contributed by atoms with E-state index in [1.54, 1.807) is 12.1 Å². The first-order valence-electron chi connectivity index (χ1n) is 5.54. The topological polar surface area (TPSA) is 75.3 Å². The number of benzene rings is 2. The molecule has 110 valence electrons. The Kier molecular flexibility index (Phi) is 4.08. The van der Waals surface area contributed by atoms with Crippen LogP contribution in [-0.4, -0.2) is 11.0 Å². The molecule has 4 nitrogen and oxygen atoms in total. The molecule has 0 aliphatic rings. The Labute approximate surface area is 125 Å². The number of hydrogen-bond donors (Lipinski definition) is 3. The van der Waals surface area contributed by atoms with Gasteiger partial charge in [0.1, 0.15) is 0 Å². The maximum absolute atomic E-state index is 13.6. The molecule has 2 aromatic rings. The minimum Gasteiger partial charge on any atom is -0.503 e. The summed E-state index contributed by atoms with van der Waals surface area (Å²) in [7, 11) is 0. The summed E-state index contributed by atoms with van der Waals surface area (Å²) in [6, 6.07) is 4.85. The third-order valence-electron chi connectivity index (χ3n) is 2.62. The van der Waals surface area contributed by atoms with Crippen molar-refractivity contribution in [2.75, 3.05) is 11.1 Å². The van der Waals surface area contributed by atoms with Crippen molar-refractivity contribution in [3.8, 4) is 5.75 Å². The number of hydrogen-bond acceptors (Lipinski definition) is 3. The number of phenols is 1. The van der Waals surface area contributed by atoms with Crippen molar-refractivity contribution >= 4 is 33.2 Å². The highest BCUT2D eigenvalue weighted by molar-refractivity contribution is 9.10. The number of nitrogens with two attached hydrogens (primary N) is 1. The van der Waals surface area contributed by atoms with E-state index in [2.05, 4.69) is 21.2 Å². The lowest BCUT2D eigenvalue weighted by Gasteiger charge is -2.10. The van der Waals surface area contributed by atoms with Gasteiger partial charge in [0, 0.05) is 10.2 Å². The number of phenolic OH excluding ortho intramolecular Hbond substituents is 1. The summed E-state index contributed by atoms with van der Waals surface area (Å²) < 4.78 is 40.2. The van der Waals surface area contributed by atoms with Gasteiger partial charge in [-0.3, -0.25) is 4.79 Å². The monoisotopic (exact) mass is 360 g/mol. The summed E-state index contributed by atoms with van der Waals surface area (Å²) in [4.78, 5) is 11.9. The zero-order chi connectivity index (χ0) is 15.7. The molecule has 0 aromatic heterocycles. The Morgan fingerprint density at radius 1 is 1.19 bits per heavy atom. The lowest BCUT2D eigenvalue weighted by molar-refractivity contribution is 0.102. The molecule has 0 saturated carbocycles. The largest absolute Gasteiger partial charge is 0.503 e. The second-order valence-corrected chi connectivity index (χ2v) is 4.93. The second kappa shape index (κ2) is 5.65. The van der Waals surface area contributed by atoms with Gasteiger partial charge in [-0.1, -0.05) is 0 Å². The van der Waals surface area contributed by atoms with Crippen LogP contribution in [0.15, 0.2) is 28.7 Å². The number of carbonyl (C=O) groups excluding carboxylic acids is 1. The molecule has 0 spiro atoms. The molecule has 0 radical (unpaired) electrons. The molecule has 2 aromatic carbocycles. The van der Waals surface area contributed by atoms with E-state index in [0.717, 1.165) is 0 Å². The highest BCUT2D eigenvalue weighted by atomic mass is 79.9. The molecule has 1 amide bonds. The SMILES string of the molecule is Nc1ccc(Br)c(NC(=O)c2cc(F)c(F)c(O)c2F)c1. The number of halogens is 4. The molecule has 21 heavy (non-hydrogen) atoms. The smallest absolute Gasteiger partial charge is 0.258 e. The average Bonchev–Trinajstić information content (AvgIpc) is 2.44. The van der Waals surface area contributed by atoms with Gasteiger partial charge in [-0.25, -0.2) is 8.78 Å². The molecular formula is C13H8BrF3N2O2. The van der Waals surface area contributed by atoms with E-state index in [1.165, 1.54) is 6.07 Å². The molecular weight excluding hydrogens is 353 g/mol. The Morgan fingerprint density at radius 3 is 2.52 bits per heavy atom. The summed E-state index contributed by atoms with van der Waals surface area (Å²) in [6.45, 7) is 0. The molecule has 0 atom stereocenters. The molecule has 0 heterocycles. The summed E-state index contributed by atoms with van der Waals surface area (Å²) in [6.07, 6.45) is 0. The van der Waals surface area contributed by atoms with Crippen LogP contribution in [0, 0.1) is 17.5 Å². The van der Waals surface area contributed by atoms with Crippen molar-refractivity contribution in [2.45, 2.75) is 0 Å². The Morgan fingerprint density at radius 2 is 1.86 bits per heavy atom. The number of nitrogen functional groups attached to an aromatic ring is 1. The van der Waals surface area contributed by atoms with Gasteiger partial charge < -0.3 is 16.2 Å². The Hall–Kier alpha value is -2.22. The average molecular weight is 361 g/mol. The molecule has 0 fully saturated rings. The van der Waals surface area contributed by atoms with E-state index in [0.29, 0.717) is 16.2 Å². The predicted octanol–water partition coefficient (Wildman–Crippen LogP) is 3.41. The summed E-state index contributed by atoms with van der Waals surface area (Å²) in [5.41, 5.74) is 5.26. The van der Waals surface area contributed by atoms with E-state index in [-0.39, 0.29) is 5.69 Å². The van der Waals surface area contributed by atoms with Crippen LogP contribution in [0.4, 0.5) is 24.5 Å². The Balaban J connectivity index is 2.40. The lowest BCUT2D eigenvalue weighted by Crippen LogP contribution is -2.15. The van der Waals surface area contributed by atoms with Crippen molar-refractivity contribution in [3.05, 3.63) is 51.8 Å². The van der Waals surface area contributed by atoms with Crippen LogP contribution in [0.3, 0.4) is 0 Å². The molecule has 0 aliphatic carbocycles. The first kappa shape index (κ1) is 15.2. The van der Waals surface area contributed by atoms with Crippen molar-refractivity contribution < 1.29 is 23.1 Å². The standard InChI is InChI=1S/C13H8BrF3N2O2/c14-7-2-1-5(18)3-9(7)19-13(21)6-4-8(15)11(17)12(20)10(6)16/h1-4,20H,18H2,(H,19,21). The van der Waals surface area contributed by atoms with Crippen LogP contribution in [0.2, 0.25) is 0 Å². The van der Waals surface area contributed by atoms with Crippen molar-refractivity contribution in [1.29, 1.82) is 0 Å². The molecule has 2 rings (SSSR count). The summed E-state index contributed by atoms with van der Waals surface area (Å²) >= 11 is 3.14. The van der Waals surface area contributed by atoms with Gasteiger partial charge in [0.2, 0.25) is 5.82 Å². The number of anilines is 2. The van der Waals surface area contributed by atoms with E-state index >= 15 is 0 Å². The minimum absolute atomic E-state index is 0.212. The fourth-order valence-electron chi connectivity index (χ4n) is 1.58. The zero-order valence-electron chi connectivity index (χ0n) is 10.3. The van der Waals surface area contributed by atoms with Crippen LogP contribution >= 0.6 is 15.9 Å². The fourth-order valence-corrected chi connectivity index (χ4v) is 1.93. The molecule has 0 saturated heterocycles. The van der Waals surface area contributed by atoms with Gasteiger partial charge in [0.15, 0.2) is 17.4 Å². The second-order valence-electron chi connectivity index (χ2n) is 4.08. The van der Waals surface area contributed by atoms with Crippen LogP contribution in [-0.2, 0) is 0 Å². The number of aromatic hydroxyl groups is 1. The minimum atomic E-state index is -1.76. The van der Waals surface area contributed by atoms with Gasteiger partial charge in [-0.2, -0.15) is 4.39 Å². The first-order chi connectivity index (χ1) is 9.81. The van der Waals surface area contributed by atoms with Gasteiger partial charge in [0.05, 0.1) is 11.3 Å². The maximum atomic E-state index is 13.6. The highest BCUT2D eigenvalue weighted by Gasteiger charge is 2.22. The van der Waals surface area contributed by atoms with E-state index in [9.17, 15) is 18.0 Å². The number of nitrogens with one attached hydrogen (secondary N) is 1.